The molecule has 2 atom stereocenters. The number of nitrogens with zero attached hydrogens (tertiary/aromatic N) is 3. The Morgan fingerprint density at radius 3 is 2.52 bits per heavy atom. The van der Waals surface area contributed by atoms with Crippen LogP contribution in [0.25, 0.3) is 0 Å². The summed E-state index contributed by atoms with van der Waals surface area (Å²) in [6, 6.07) is 5.77. The first-order chi connectivity index (χ1) is 11.0. The number of hydrogen-bond donors (Lipinski definition) is 1. The lowest BCUT2D eigenvalue weighted by Gasteiger charge is -2.15. The largest absolute Gasteiger partial charge is 0.481 e. The minimum absolute atomic E-state index is 0.130. The van der Waals surface area contributed by atoms with Gasteiger partial charge < -0.3 is 10.0 Å². The molecule has 6 nitrogen and oxygen atoms in total. The number of hydrogen-bond acceptors (Lipinski definition) is 3. The maximum Gasteiger partial charge on any atom is 0.308 e. The Balaban J connectivity index is 1.85. The molecule has 0 bridgehead atoms. The topological polar surface area (TPSA) is 75.4 Å². The fourth-order valence-electron chi connectivity index (χ4n) is 2.98. The molecule has 120 valence electrons. The standard InChI is InChI=1S/C16H16FN3O3/c1-19-7-11(6-18-19)15(21)20-8-13(14(9-20)16(22)23)10-2-4-12(17)5-3-10/h2-7,13-14H,8-9H2,1H3,(H,22,23)/t13-,14+/m0/s1. The molecule has 0 spiro atoms. The fourth-order valence-corrected chi connectivity index (χ4v) is 2.98. The Bertz CT molecular complexity index is 741. The van der Waals surface area contributed by atoms with E-state index in [0.29, 0.717) is 5.56 Å². The molecule has 1 saturated heterocycles. The lowest BCUT2D eigenvalue weighted by molar-refractivity contribution is -0.141. The van der Waals surface area contributed by atoms with E-state index in [9.17, 15) is 19.1 Å². The average Bonchev–Trinajstić information content (AvgIpc) is 3.14. The highest BCUT2D eigenvalue weighted by Crippen LogP contribution is 2.33. The Morgan fingerprint density at radius 2 is 1.96 bits per heavy atom. The van der Waals surface area contributed by atoms with E-state index in [1.165, 1.54) is 27.9 Å². The maximum absolute atomic E-state index is 13.1. The monoisotopic (exact) mass is 317 g/mol. The summed E-state index contributed by atoms with van der Waals surface area (Å²) < 4.78 is 14.6. The predicted molar refractivity (Wildman–Crippen MR) is 79.4 cm³/mol. The Kier molecular flexibility index (Phi) is 3.85. The predicted octanol–water partition coefficient (Wildman–Crippen LogP) is 1.50. The molecule has 0 aliphatic carbocycles. The third-order valence-corrected chi connectivity index (χ3v) is 4.17. The number of carbonyl (C=O) groups is 2. The van der Waals surface area contributed by atoms with Crippen molar-refractivity contribution in [2.75, 3.05) is 13.1 Å². The van der Waals surface area contributed by atoms with Gasteiger partial charge in [0.05, 0.1) is 17.7 Å². The number of carboxylic acid groups (broad SMARTS) is 1. The number of halogens is 1. The second-order valence-corrected chi connectivity index (χ2v) is 5.72. The first kappa shape index (κ1) is 15.2. The van der Waals surface area contributed by atoms with Gasteiger partial charge in [0.2, 0.25) is 0 Å². The second-order valence-electron chi connectivity index (χ2n) is 5.72. The van der Waals surface area contributed by atoms with Gasteiger partial charge in [-0.05, 0) is 17.7 Å². The molecular formula is C16H16FN3O3. The normalized spacial score (nSPS) is 20.7. The minimum Gasteiger partial charge on any atom is -0.481 e. The number of likely N-dealkylation sites (tertiary alicyclic amines) is 1. The van der Waals surface area contributed by atoms with Gasteiger partial charge in [0.25, 0.3) is 5.91 Å². The van der Waals surface area contributed by atoms with Crippen LogP contribution >= 0.6 is 0 Å². The molecule has 7 heteroatoms. The van der Waals surface area contributed by atoms with Gasteiger partial charge in [-0.25, -0.2) is 4.39 Å². The van der Waals surface area contributed by atoms with E-state index in [-0.39, 0.29) is 30.7 Å². The van der Waals surface area contributed by atoms with Crippen LogP contribution in [0.15, 0.2) is 36.7 Å². The molecule has 1 aliphatic rings. The van der Waals surface area contributed by atoms with Crippen LogP contribution in [0.4, 0.5) is 4.39 Å². The van der Waals surface area contributed by atoms with Crippen molar-refractivity contribution < 1.29 is 19.1 Å². The number of rotatable bonds is 3. The summed E-state index contributed by atoms with van der Waals surface area (Å²) in [5.74, 6) is -2.63. The molecule has 2 aromatic rings. The fraction of sp³-hybridized carbons (Fsp3) is 0.312. The quantitative estimate of drug-likeness (QED) is 0.931. The number of carbonyl (C=O) groups excluding carboxylic acids is 1. The van der Waals surface area contributed by atoms with E-state index < -0.39 is 11.9 Å². The van der Waals surface area contributed by atoms with Crippen molar-refractivity contribution >= 4 is 11.9 Å². The van der Waals surface area contributed by atoms with Crippen LogP contribution in [0.3, 0.4) is 0 Å². The van der Waals surface area contributed by atoms with E-state index in [4.69, 9.17) is 0 Å². The van der Waals surface area contributed by atoms with E-state index in [1.807, 2.05) is 0 Å². The van der Waals surface area contributed by atoms with Crippen molar-refractivity contribution in [1.29, 1.82) is 0 Å². The highest BCUT2D eigenvalue weighted by Gasteiger charge is 2.40. The maximum atomic E-state index is 13.1. The third-order valence-electron chi connectivity index (χ3n) is 4.17. The molecule has 1 N–H and O–H groups in total. The number of aliphatic carboxylic acids is 1. The molecule has 1 aliphatic heterocycles. The number of aromatic nitrogens is 2. The summed E-state index contributed by atoms with van der Waals surface area (Å²) in [5, 5.41) is 13.4. The molecule has 23 heavy (non-hydrogen) atoms. The highest BCUT2D eigenvalue weighted by molar-refractivity contribution is 5.94. The number of aryl methyl sites for hydroxylation is 1. The van der Waals surface area contributed by atoms with Crippen molar-refractivity contribution in [3.63, 3.8) is 0 Å². The SMILES string of the molecule is Cn1cc(C(=O)N2C[C@@H](C(=O)O)[C@H](c3ccc(F)cc3)C2)cn1. The lowest BCUT2D eigenvalue weighted by Crippen LogP contribution is -2.29. The van der Waals surface area contributed by atoms with Gasteiger partial charge in [-0.2, -0.15) is 5.10 Å². The number of carboxylic acids is 1. The zero-order valence-electron chi connectivity index (χ0n) is 12.5. The molecule has 1 aromatic heterocycles. The van der Waals surface area contributed by atoms with E-state index in [2.05, 4.69) is 5.10 Å². The van der Waals surface area contributed by atoms with Crippen molar-refractivity contribution in [3.05, 3.63) is 53.6 Å². The van der Waals surface area contributed by atoms with Crippen LogP contribution in [-0.4, -0.2) is 44.8 Å². The molecule has 1 aromatic carbocycles. The molecule has 0 unspecified atom stereocenters. The van der Waals surface area contributed by atoms with Crippen LogP contribution in [0.5, 0.6) is 0 Å². The number of benzene rings is 1. The highest BCUT2D eigenvalue weighted by atomic mass is 19.1. The average molecular weight is 317 g/mol. The van der Waals surface area contributed by atoms with Gasteiger partial charge in [-0.3, -0.25) is 14.3 Å². The second kappa shape index (κ2) is 5.83. The van der Waals surface area contributed by atoms with Gasteiger partial charge in [-0.1, -0.05) is 12.1 Å². The number of amides is 1. The summed E-state index contributed by atoms with van der Waals surface area (Å²) in [7, 11) is 1.71. The zero-order valence-corrected chi connectivity index (χ0v) is 12.5. The minimum atomic E-state index is -0.958. The lowest BCUT2D eigenvalue weighted by atomic mass is 9.89. The van der Waals surface area contributed by atoms with E-state index >= 15 is 0 Å². The van der Waals surface area contributed by atoms with Crippen LogP contribution in [-0.2, 0) is 11.8 Å². The van der Waals surface area contributed by atoms with Gasteiger partial charge in [0.15, 0.2) is 0 Å². The molecule has 0 radical (unpaired) electrons. The van der Waals surface area contributed by atoms with E-state index in [1.54, 1.807) is 25.4 Å². The smallest absolute Gasteiger partial charge is 0.308 e. The van der Waals surface area contributed by atoms with Gasteiger partial charge in [0, 0.05) is 32.3 Å². The van der Waals surface area contributed by atoms with Crippen molar-refractivity contribution in [1.82, 2.24) is 14.7 Å². The molecule has 3 rings (SSSR count). The van der Waals surface area contributed by atoms with Crippen molar-refractivity contribution in [3.8, 4) is 0 Å². The zero-order chi connectivity index (χ0) is 16.6. The molecule has 1 amide bonds. The van der Waals surface area contributed by atoms with Gasteiger partial charge in [0.1, 0.15) is 5.82 Å². The Hall–Kier alpha value is -2.70. The molecule has 2 heterocycles. The summed E-state index contributed by atoms with van der Waals surface area (Å²) in [6.07, 6.45) is 3.06. The third kappa shape index (κ3) is 2.94. The summed E-state index contributed by atoms with van der Waals surface area (Å²) in [6.45, 7) is 0.418. The molecule has 1 fully saturated rings. The van der Waals surface area contributed by atoms with Crippen LogP contribution in [0, 0.1) is 11.7 Å². The Labute approximate surface area is 132 Å². The van der Waals surface area contributed by atoms with Crippen molar-refractivity contribution in [2.24, 2.45) is 13.0 Å². The first-order valence-corrected chi connectivity index (χ1v) is 7.22. The molecular weight excluding hydrogens is 301 g/mol. The van der Waals surface area contributed by atoms with Crippen LogP contribution in [0.2, 0.25) is 0 Å². The summed E-state index contributed by atoms with van der Waals surface area (Å²) in [4.78, 5) is 25.5. The molecule has 0 saturated carbocycles. The summed E-state index contributed by atoms with van der Waals surface area (Å²) in [5.41, 5.74) is 1.15. The van der Waals surface area contributed by atoms with Crippen LogP contribution < -0.4 is 0 Å². The Morgan fingerprint density at radius 1 is 1.26 bits per heavy atom. The van der Waals surface area contributed by atoms with Gasteiger partial charge >= 0.3 is 5.97 Å². The van der Waals surface area contributed by atoms with Crippen molar-refractivity contribution in [2.45, 2.75) is 5.92 Å². The summed E-state index contributed by atoms with van der Waals surface area (Å²) >= 11 is 0. The van der Waals surface area contributed by atoms with Gasteiger partial charge in [-0.15, -0.1) is 0 Å². The van der Waals surface area contributed by atoms with E-state index in [0.717, 1.165) is 5.56 Å². The van der Waals surface area contributed by atoms with Crippen LogP contribution in [0.1, 0.15) is 21.8 Å². The first-order valence-electron chi connectivity index (χ1n) is 7.22.